The zero-order valence-corrected chi connectivity index (χ0v) is 14.4. The monoisotopic (exact) mass is 336 g/mol. The van der Waals surface area contributed by atoms with Gasteiger partial charge in [0, 0.05) is 18.1 Å². The van der Waals surface area contributed by atoms with Crippen molar-refractivity contribution in [2.45, 2.75) is 50.3 Å². The van der Waals surface area contributed by atoms with Gasteiger partial charge in [-0.1, -0.05) is 23.7 Å². The summed E-state index contributed by atoms with van der Waals surface area (Å²) in [5.74, 6) is 0.0541. The summed E-state index contributed by atoms with van der Waals surface area (Å²) in [4.78, 5) is 16.7. The molecule has 23 heavy (non-hydrogen) atoms. The van der Waals surface area contributed by atoms with E-state index in [1.165, 1.54) is 12.8 Å². The molecule has 4 nitrogen and oxygen atoms in total. The Labute approximate surface area is 143 Å². The maximum Gasteiger partial charge on any atom is 0.227 e. The molecule has 1 saturated carbocycles. The van der Waals surface area contributed by atoms with Crippen LogP contribution in [0, 0.1) is 0 Å². The fourth-order valence-electron chi connectivity index (χ4n) is 3.92. The van der Waals surface area contributed by atoms with Crippen LogP contribution in [-0.4, -0.2) is 59.1 Å². The lowest BCUT2D eigenvalue weighted by Crippen LogP contribution is -2.48. The lowest BCUT2D eigenvalue weighted by Gasteiger charge is -2.32. The van der Waals surface area contributed by atoms with Crippen molar-refractivity contribution in [1.29, 1.82) is 0 Å². The Morgan fingerprint density at radius 2 is 1.91 bits per heavy atom. The Hall–Kier alpha value is -1.10. The van der Waals surface area contributed by atoms with Gasteiger partial charge in [0.15, 0.2) is 0 Å². The van der Waals surface area contributed by atoms with Crippen molar-refractivity contribution < 1.29 is 9.90 Å². The quantitative estimate of drug-likeness (QED) is 0.917. The summed E-state index contributed by atoms with van der Waals surface area (Å²) in [6.45, 7) is 2.16. The SMILES string of the molecule is CN(C(=O)Cc1ccc(Cl)cc1)[C@@H]1CC[C@@H](N2CCCC2)[C@@H]1O. The number of benzene rings is 1. The molecule has 0 radical (unpaired) electrons. The number of aliphatic hydroxyl groups excluding tert-OH is 1. The Morgan fingerprint density at radius 1 is 1.26 bits per heavy atom. The van der Waals surface area contributed by atoms with E-state index in [4.69, 9.17) is 11.6 Å². The van der Waals surface area contributed by atoms with Crippen LogP contribution >= 0.6 is 11.6 Å². The van der Waals surface area contributed by atoms with Crippen LogP contribution in [0.4, 0.5) is 0 Å². The highest BCUT2D eigenvalue weighted by Gasteiger charge is 2.41. The molecule has 1 heterocycles. The zero-order valence-electron chi connectivity index (χ0n) is 13.6. The van der Waals surface area contributed by atoms with E-state index in [9.17, 15) is 9.90 Å². The molecule has 0 unspecified atom stereocenters. The Morgan fingerprint density at radius 3 is 2.57 bits per heavy atom. The van der Waals surface area contributed by atoms with Gasteiger partial charge in [0.1, 0.15) is 0 Å². The predicted molar refractivity (Wildman–Crippen MR) is 91.5 cm³/mol. The number of hydrogen-bond donors (Lipinski definition) is 1. The second-order valence-electron chi connectivity index (χ2n) is 6.75. The normalized spacial score (nSPS) is 28.2. The van der Waals surface area contributed by atoms with Crippen molar-refractivity contribution >= 4 is 17.5 Å². The molecule has 126 valence electrons. The highest BCUT2D eigenvalue weighted by atomic mass is 35.5. The van der Waals surface area contributed by atoms with Crippen molar-refractivity contribution in [3.8, 4) is 0 Å². The molecule has 1 aliphatic heterocycles. The van der Waals surface area contributed by atoms with Gasteiger partial charge in [-0.15, -0.1) is 0 Å². The first-order valence-electron chi connectivity index (χ1n) is 8.48. The molecule has 1 amide bonds. The highest BCUT2D eigenvalue weighted by Crippen LogP contribution is 2.30. The Kier molecular flexibility index (Phi) is 5.24. The van der Waals surface area contributed by atoms with Crippen molar-refractivity contribution in [3.05, 3.63) is 34.9 Å². The molecular weight excluding hydrogens is 312 g/mol. The van der Waals surface area contributed by atoms with Crippen LogP contribution in [0.2, 0.25) is 5.02 Å². The molecule has 3 atom stereocenters. The molecule has 2 aliphatic rings. The van der Waals surface area contributed by atoms with Gasteiger partial charge in [-0.25, -0.2) is 0 Å². The number of halogens is 1. The van der Waals surface area contributed by atoms with Crippen molar-refractivity contribution in [2.24, 2.45) is 0 Å². The van der Waals surface area contributed by atoms with Gasteiger partial charge in [0.25, 0.3) is 0 Å². The number of aliphatic hydroxyl groups is 1. The molecule has 0 bridgehead atoms. The number of carbonyl (C=O) groups excluding carboxylic acids is 1. The van der Waals surface area contributed by atoms with E-state index in [1.54, 1.807) is 17.0 Å². The second kappa shape index (κ2) is 7.20. The van der Waals surface area contributed by atoms with Crippen LogP contribution in [-0.2, 0) is 11.2 Å². The lowest BCUT2D eigenvalue weighted by molar-refractivity contribution is -0.133. The summed E-state index contributed by atoms with van der Waals surface area (Å²) in [6.07, 6.45) is 4.21. The molecule has 1 aromatic rings. The average Bonchev–Trinajstić information content (AvgIpc) is 3.18. The molecule has 1 N–H and O–H groups in total. The third-order valence-corrected chi connectivity index (χ3v) is 5.57. The van der Waals surface area contributed by atoms with Gasteiger partial charge in [-0.3, -0.25) is 9.69 Å². The standard InChI is InChI=1S/C18H25ClN2O2/c1-20(17(22)12-13-4-6-14(19)7-5-13)15-8-9-16(18(15)23)21-10-2-3-11-21/h4-7,15-16,18,23H,2-3,8-12H2,1H3/t15-,16-,18-/m1/s1. The molecule has 3 rings (SSSR count). The van der Waals surface area contributed by atoms with Crippen molar-refractivity contribution in [3.63, 3.8) is 0 Å². The third kappa shape index (κ3) is 3.70. The van der Waals surface area contributed by atoms with Crippen molar-refractivity contribution in [1.82, 2.24) is 9.80 Å². The first-order valence-corrected chi connectivity index (χ1v) is 8.86. The number of hydrogen-bond acceptors (Lipinski definition) is 3. The van der Waals surface area contributed by atoms with Gasteiger partial charge in [0.2, 0.25) is 5.91 Å². The van der Waals surface area contributed by atoms with Gasteiger partial charge in [-0.2, -0.15) is 0 Å². The fourth-order valence-corrected chi connectivity index (χ4v) is 4.05. The van der Waals surface area contributed by atoms with Crippen LogP contribution in [0.15, 0.2) is 24.3 Å². The smallest absolute Gasteiger partial charge is 0.227 e. The van der Waals surface area contributed by atoms with Crippen LogP contribution in [0.3, 0.4) is 0 Å². The largest absolute Gasteiger partial charge is 0.389 e. The summed E-state index contributed by atoms with van der Waals surface area (Å²) in [5.41, 5.74) is 0.954. The topological polar surface area (TPSA) is 43.8 Å². The first kappa shape index (κ1) is 16.7. The molecule has 0 spiro atoms. The van der Waals surface area contributed by atoms with Crippen LogP contribution in [0.1, 0.15) is 31.2 Å². The summed E-state index contributed by atoms with van der Waals surface area (Å²) in [5, 5.41) is 11.4. The van der Waals surface area contributed by atoms with Crippen LogP contribution in [0.5, 0.6) is 0 Å². The number of likely N-dealkylation sites (tertiary alicyclic amines) is 1. The van der Waals surface area contributed by atoms with E-state index in [0.717, 1.165) is 31.5 Å². The minimum Gasteiger partial charge on any atom is -0.389 e. The number of likely N-dealkylation sites (N-methyl/N-ethyl adjacent to an activating group) is 1. The van der Waals surface area contributed by atoms with Gasteiger partial charge >= 0.3 is 0 Å². The predicted octanol–water partition coefficient (Wildman–Crippen LogP) is 2.33. The van der Waals surface area contributed by atoms with E-state index in [1.807, 2.05) is 19.2 Å². The van der Waals surface area contributed by atoms with Gasteiger partial charge in [0.05, 0.1) is 18.6 Å². The molecule has 0 aromatic heterocycles. The van der Waals surface area contributed by atoms with E-state index >= 15 is 0 Å². The van der Waals surface area contributed by atoms with Crippen molar-refractivity contribution in [2.75, 3.05) is 20.1 Å². The van der Waals surface area contributed by atoms with E-state index < -0.39 is 6.10 Å². The van der Waals surface area contributed by atoms with Gasteiger partial charge < -0.3 is 10.0 Å². The lowest BCUT2D eigenvalue weighted by atomic mass is 10.1. The molecule has 1 saturated heterocycles. The summed E-state index contributed by atoms with van der Waals surface area (Å²) in [6, 6.07) is 7.52. The van der Waals surface area contributed by atoms with E-state index in [2.05, 4.69) is 4.90 Å². The fraction of sp³-hybridized carbons (Fsp3) is 0.611. The molecule has 1 aromatic carbocycles. The molecule has 2 fully saturated rings. The maximum atomic E-state index is 12.5. The molecular formula is C18H25ClN2O2. The average molecular weight is 337 g/mol. The second-order valence-corrected chi connectivity index (χ2v) is 7.19. The minimum absolute atomic E-state index is 0.0541. The first-order chi connectivity index (χ1) is 11.1. The Bertz CT molecular complexity index is 542. The van der Waals surface area contributed by atoms with Crippen LogP contribution < -0.4 is 0 Å². The number of amides is 1. The number of nitrogens with zero attached hydrogens (tertiary/aromatic N) is 2. The zero-order chi connectivity index (χ0) is 16.4. The summed E-state index contributed by atoms with van der Waals surface area (Å²) >= 11 is 5.88. The summed E-state index contributed by atoms with van der Waals surface area (Å²) < 4.78 is 0. The van der Waals surface area contributed by atoms with Crippen LogP contribution in [0.25, 0.3) is 0 Å². The minimum atomic E-state index is -0.438. The maximum absolute atomic E-state index is 12.5. The number of rotatable bonds is 4. The molecule has 1 aliphatic carbocycles. The van der Waals surface area contributed by atoms with E-state index in [-0.39, 0.29) is 18.0 Å². The highest BCUT2D eigenvalue weighted by molar-refractivity contribution is 6.30. The van der Waals surface area contributed by atoms with E-state index in [0.29, 0.717) is 11.4 Å². The Balaban J connectivity index is 1.59. The van der Waals surface area contributed by atoms with Gasteiger partial charge in [-0.05, 0) is 56.5 Å². The molecule has 5 heteroatoms. The summed E-state index contributed by atoms with van der Waals surface area (Å²) in [7, 11) is 1.82. The number of carbonyl (C=O) groups is 1. The third-order valence-electron chi connectivity index (χ3n) is 5.32.